The van der Waals surface area contributed by atoms with Crippen LogP contribution in [0.2, 0.25) is 0 Å². The molecule has 2 saturated heterocycles. The fraction of sp³-hybridized carbons (Fsp3) is 0.714. The first-order valence-corrected chi connectivity index (χ1v) is 12.7. The number of piperidine rings is 1. The Balaban J connectivity index is 1.64. The van der Waals surface area contributed by atoms with Gasteiger partial charge in [0, 0.05) is 38.1 Å². The number of ether oxygens (including phenoxy) is 2. The van der Waals surface area contributed by atoms with E-state index in [1.807, 2.05) is 26.0 Å². The van der Waals surface area contributed by atoms with E-state index in [4.69, 9.17) is 9.47 Å². The lowest BCUT2D eigenvalue weighted by atomic mass is 9.89. The molecule has 1 aromatic carbocycles. The van der Waals surface area contributed by atoms with Crippen LogP contribution in [0.5, 0.6) is 0 Å². The minimum Gasteiger partial charge on any atom is -0.379 e. The molecule has 3 rings (SSSR count). The highest BCUT2D eigenvalue weighted by Crippen LogP contribution is 2.27. The third-order valence-electron chi connectivity index (χ3n) is 6.00. The lowest BCUT2D eigenvalue weighted by Gasteiger charge is -2.43. The van der Waals surface area contributed by atoms with E-state index in [0.29, 0.717) is 31.0 Å². The van der Waals surface area contributed by atoms with Crippen LogP contribution in [0, 0.1) is 6.92 Å². The molecular formula is C21H35N3O4S2. The number of morpholine rings is 1. The number of hydrogen-bond acceptors (Lipinski definition) is 7. The summed E-state index contributed by atoms with van der Waals surface area (Å²) in [5, 5.41) is 0.152. The lowest BCUT2D eigenvalue weighted by molar-refractivity contribution is 0.00302. The van der Waals surface area contributed by atoms with Gasteiger partial charge in [0.15, 0.2) is 0 Å². The van der Waals surface area contributed by atoms with Gasteiger partial charge in [-0.15, -0.1) is 0 Å². The Morgan fingerprint density at radius 1 is 1.17 bits per heavy atom. The molecular weight excluding hydrogens is 422 g/mol. The average molecular weight is 458 g/mol. The number of rotatable bonds is 9. The number of benzene rings is 1. The van der Waals surface area contributed by atoms with Crippen molar-refractivity contribution in [3.63, 3.8) is 0 Å². The minimum atomic E-state index is -3.62. The number of likely N-dealkylation sites (tertiary alicyclic amines) is 1. The number of aryl methyl sites for hydroxylation is 1. The zero-order valence-corrected chi connectivity index (χ0v) is 19.8. The Morgan fingerprint density at radius 3 is 2.40 bits per heavy atom. The van der Waals surface area contributed by atoms with Crippen LogP contribution in [0.25, 0.3) is 0 Å². The van der Waals surface area contributed by atoms with Gasteiger partial charge in [-0.05, 0) is 38.8 Å². The van der Waals surface area contributed by atoms with Crippen LogP contribution in [0.4, 0.5) is 0 Å². The SMILES string of the molecule is Cc1ccc(S(=O)(=O)NC2(COCCN3CCOCC3)CCN(C(C)S)CC2)cc1. The summed E-state index contributed by atoms with van der Waals surface area (Å²) in [5.41, 5.74) is 0.430. The summed E-state index contributed by atoms with van der Waals surface area (Å²) in [7, 11) is -3.62. The molecule has 2 aliphatic rings. The van der Waals surface area contributed by atoms with E-state index in [1.165, 1.54) is 0 Å². The van der Waals surface area contributed by atoms with Crippen molar-refractivity contribution in [3.05, 3.63) is 29.8 Å². The van der Waals surface area contributed by atoms with Crippen LogP contribution in [0.1, 0.15) is 25.3 Å². The summed E-state index contributed by atoms with van der Waals surface area (Å²) in [6.07, 6.45) is 1.39. The molecule has 0 amide bonds. The van der Waals surface area contributed by atoms with Crippen LogP contribution in [-0.4, -0.2) is 88.3 Å². The summed E-state index contributed by atoms with van der Waals surface area (Å²) in [4.78, 5) is 4.87. The van der Waals surface area contributed by atoms with Crippen LogP contribution in [0.3, 0.4) is 0 Å². The molecule has 1 aromatic rings. The van der Waals surface area contributed by atoms with Crippen molar-refractivity contribution in [2.24, 2.45) is 0 Å². The molecule has 1 atom stereocenters. The van der Waals surface area contributed by atoms with Gasteiger partial charge in [-0.25, -0.2) is 13.1 Å². The largest absolute Gasteiger partial charge is 0.379 e. The Labute approximate surface area is 186 Å². The predicted octanol–water partition coefficient (Wildman–Crippen LogP) is 1.73. The molecule has 2 aliphatic heterocycles. The molecule has 0 aliphatic carbocycles. The highest BCUT2D eigenvalue weighted by molar-refractivity contribution is 7.89. The van der Waals surface area contributed by atoms with Gasteiger partial charge in [0.25, 0.3) is 0 Å². The van der Waals surface area contributed by atoms with Gasteiger partial charge in [-0.3, -0.25) is 9.80 Å². The van der Waals surface area contributed by atoms with E-state index < -0.39 is 15.6 Å². The highest BCUT2D eigenvalue weighted by atomic mass is 32.2. The molecule has 9 heteroatoms. The average Bonchev–Trinajstić information content (AvgIpc) is 2.72. The summed E-state index contributed by atoms with van der Waals surface area (Å²) in [6, 6.07) is 6.97. The summed E-state index contributed by atoms with van der Waals surface area (Å²) >= 11 is 4.54. The van der Waals surface area contributed by atoms with Crippen molar-refractivity contribution in [2.45, 2.75) is 42.5 Å². The minimum absolute atomic E-state index is 0.152. The van der Waals surface area contributed by atoms with Crippen molar-refractivity contribution in [1.82, 2.24) is 14.5 Å². The third-order valence-corrected chi connectivity index (χ3v) is 7.92. The maximum absolute atomic E-state index is 13.1. The van der Waals surface area contributed by atoms with Gasteiger partial charge in [0.05, 0.1) is 36.9 Å². The van der Waals surface area contributed by atoms with Crippen LogP contribution in [-0.2, 0) is 19.5 Å². The van der Waals surface area contributed by atoms with Crippen molar-refractivity contribution in [1.29, 1.82) is 0 Å². The standard InChI is InChI=1S/C21H35N3O4S2/c1-18-3-5-20(6-4-18)30(25,26)22-21(7-9-24(10-8-21)19(2)29)17-28-16-13-23-11-14-27-15-12-23/h3-6,19,22,29H,7-17H2,1-2H3. The first-order valence-electron chi connectivity index (χ1n) is 10.7. The molecule has 2 fully saturated rings. The third kappa shape index (κ3) is 6.66. The van der Waals surface area contributed by atoms with Crippen molar-refractivity contribution < 1.29 is 17.9 Å². The van der Waals surface area contributed by atoms with Gasteiger partial charge in [0.1, 0.15) is 0 Å². The fourth-order valence-electron chi connectivity index (χ4n) is 3.95. The van der Waals surface area contributed by atoms with Gasteiger partial charge in [-0.1, -0.05) is 17.7 Å². The number of thiol groups is 1. The molecule has 7 nitrogen and oxygen atoms in total. The molecule has 0 aromatic heterocycles. The maximum atomic E-state index is 13.1. The predicted molar refractivity (Wildman–Crippen MR) is 122 cm³/mol. The van der Waals surface area contributed by atoms with Crippen LogP contribution < -0.4 is 4.72 Å². The van der Waals surface area contributed by atoms with E-state index in [-0.39, 0.29) is 5.37 Å². The molecule has 0 saturated carbocycles. The molecule has 2 heterocycles. The maximum Gasteiger partial charge on any atom is 0.241 e. The molecule has 0 spiro atoms. The van der Waals surface area contributed by atoms with E-state index >= 15 is 0 Å². The second-order valence-corrected chi connectivity index (χ2v) is 10.8. The van der Waals surface area contributed by atoms with E-state index in [2.05, 4.69) is 27.2 Å². The van der Waals surface area contributed by atoms with Crippen molar-refractivity contribution >= 4 is 22.7 Å². The summed E-state index contributed by atoms with van der Waals surface area (Å²) in [5.74, 6) is 0. The Kier molecular flexibility index (Phi) is 8.60. The first kappa shape index (κ1) is 24.0. The van der Waals surface area contributed by atoms with Gasteiger partial charge in [0.2, 0.25) is 10.0 Å². The van der Waals surface area contributed by atoms with Crippen LogP contribution >= 0.6 is 12.6 Å². The molecule has 1 N–H and O–H groups in total. The molecule has 0 bridgehead atoms. The quantitative estimate of drug-likeness (QED) is 0.435. The van der Waals surface area contributed by atoms with Gasteiger partial charge in [-0.2, -0.15) is 12.6 Å². The zero-order chi connectivity index (χ0) is 21.6. The Hall–Kier alpha value is -0.680. The number of sulfonamides is 1. The topological polar surface area (TPSA) is 71.1 Å². The van der Waals surface area contributed by atoms with Crippen LogP contribution in [0.15, 0.2) is 29.2 Å². The van der Waals surface area contributed by atoms with E-state index in [0.717, 1.165) is 51.5 Å². The van der Waals surface area contributed by atoms with E-state index in [1.54, 1.807) is 12.1 Å². The molecule has 30 heavy (non-hydrogen) atoms. The van der Waals surface area contributed by atoms with Gasteiger partial charge < -0.3 is 9.47 Å². The summed E-state index contributed by atoms with van der Waals surface area (Å²) < 4.78 is 40.6. The number of nitrogens with one attached hydrogen (secondary N) is 1. The highest BCUT2D eigenvalue weighted by Gasteiger charge is 2.39. The second kappa shape index (κ2) is 10.8. The number of nitrogens with zero attached hydrogens (tertiary/aromatic N) is 2. The lowest BCUT2D eigenvalue weighted by Crippen LogP contribution is -2.58. The second-order valence-electron chi connectivity index (χ2n) is 8.37. The van der Waals surface area contributed by atoms with Gasteiger partial charge >= 0.3 is 0 Å². The van der Waals surface area contributed by atoms with Crippen molar-refractivity contribution in [2.75, 3.05) is 59.2 Å². The molecule has 170 valence electrons. The molecule has 0 radical (unpaired) electrons. The van der Waals surface area contributed by atoms with E-state index in [9.17, 15) is 8.42 Å². The summed E-state index contributed by atoms with van der Waals surface area (Å²) in [6.45, 7) is 10.7. The monoisotopic (exact) mass is 457 g/mol. The Bertz CT molecular complexity index is 757. The first-order chi connectivity index (χ1) is 14.3. The smallest absolute Gasteiger partial charge is 0.241 e. The fourth-order valence-corrected chi connectivity index (χ4v) is 5.63. The normalized spacial score (nSPS) is 22.1. The molecule has 1 unspecified atom stereocenters. The Morgan fingerprint density at radius 2 is 1.80 bits per heavy atom. The van der Waals surface area contributed by atoms with Crippen molar-refractivity contribution in [3.8, 4) is 0 Å². The number of hydrogen-bond donors (Lipinski definition) is 2. The zero-order valence-electron chi connectivity index (χ0n) is 18.0.